The van der Waals surface area contributed by atoms with Crippen LogP contribution in [-0.2, 0) is 15.3 Å². The Bertz CT molecular complexity index is 515. The van der Waals surface area contributed by atoms with Gasteiger partial charge in [0.05, 0.1) is 5.75 Å². The number of benzene rings is 1. The molecule has 0 bridgehead atoms. The van der Waals surface area contributed by atoms with Gasteiger partial charge in [0.15, 0.2) is 0 Å². The van der Waals surface area contributed by atoms with Gasteiger partial charge in [-0.05, 0) is 29.9 Å². The Balaban J connectivity index is 1.79. The van der Waals surface area contributed by atoms with Crippen LogP contribution in [0.4, 0.5) is 4.39 Å². The average molecular weight is 329 g/mol. The molecule has 2 N–H and O–H groups in total. The second kappa shape index (κ2) is 7.17. The van der Waals surface area contributed by atoms with Crippen molar-refractivity contribution in [3.8, 4) is 0 Å². The molecule has 1 heterocycles. The van der Waals surface area contributed by atoms with E-state index in [2.05, 4.69) is 5.32 Å². The summed E-state index contributed by atoms with van der Waals surface area (Å²) >= 11 is 2.92. The van der Waals surface area contributed by atoms with Gasteiger partial charge in [0.1, 0.15) is 11.4 Å². The number of hydrogen-bond acceptors (Lipinski definition) is 4. The van der Waals surface area contributed by atoms with Crippen molar-refractivity contribution in [3.05, 3.63) is 35.6 Å². The van der Waals surface area contributed by atoms with Crippen LogP contribution in [0.1, 0.15) is 12.0 Å². The molecule has 1 aromatic carbocycles. The summed E-state index contributed by atoms with van der Waals surface area (Å²) in [6, 6.07) is 6.11. The van der Waals surface area contributed by atoms with Crippen molar-refractivity contribution in [3.63, 3.8) is 0 Å². The fraction of sp³-hybridized carbons (Fsp3) is 0.429. The number of nitrogens with one attached hydrogen (secondary N) is 1. The molecule has 0 aliphatic carbocycles. The Morgan fingerprint density at radius 1 is 1.38 bits per heavy atom. The summed E-state index contributed by atoms with van der Waals surface area (Å²) in [5.41, 5.74) is -0.184. The zero-order valence-electron chi connectivity index (χ0n) is 11.3. The maximum Gasteiger partial charge on any atom is 0.330 e. The molecule has 1 unspecified atom stereocenters. The van der Waals surface area contributed by atoms with Crippen molar-refractivity contribution in [2.45, 2.75) is 17.7 Å². The van der Waals surface area contributed by atoms with Crippen LogP contribution in [0.3, 0.4) is 0 Å². The molecule has 1 atom stereocenters. The van der Waals surface area contributed by atoms with Gasteiger partial charge in [0.2, 0.25) is 5.91 Å². The van der Waals surface area contributed by atoms with E-state index in [-0.39, 0.29) is 17.5 Å². The molecule has 0 saturated carbocycles. The van der Waals surface area contributed by atoms with E-state index < -0.39 is 11.5 Å². The molecule has 0 radical (unpaired) electrons. The summed E-state index contributed by atoms with van der Waals surface area (Å²) in [6.45, 7) is 0. The molecular weight excluding hydrogens is 313 g/mol. The van der Waals surface area contributed by atoms with E-state index in [0.717, 1.165) is 11.3 Å². The summed E-state index contributed by atoms with van der Waals surface area (Å²) in [7, 11) is 0. The fourth-order valence-corrected chi connectivity index (χ4v) is 4.14. The molecular formula is C14H16FNO3S2. The first-order valence-corrected chi connectivity index (χ1v) is 8.77. The minimum atomic E-state index is -1.11. The SMILES string of the molecule is O=C(CSCc1ccc(F)cc1)NC1(C(=O)O)CCSC1. The minimum Gasteiger partial charge on any atom is -0.479 e. The molecule has 1 amide bonds. The minimum absolute atomic E-state index is 0.192. The van der Waals surface area contributed by atoms with Crippen LogP contribution >= 0.6 is 23.5 Å². The molecule has 0 aromatic heterocycles. The standard InChI is InChI=1S/C14H16FNO3S2/c15-11-3-1-10(2-4-11)7-21-8-12(17)16-14(13(18)19)5-6-20-9-14/h1-4H,5-9H2,(H,16,17)(H,18,19). The zero-order chi connectivity index (χ0) is 15.3. The Kier molecular flexibility index (Phi) is 5.52. The lowest BCUT2D eigenvalue weighted by atomic mass is 9.99. The third-order valence-corrected chi connectivity index (χ3v) is 5.42. The van der Waals surface area contributed by atoms with Crippen LogP contribution < -0.4 is 5.32 Å². The average Bonchev–Trinajstić information content (AvgIpc) is 2.91. The van der Waals surface area contributed by atoms with Crippen LogP contribution in [0.5, 0.6) is 0 Å². The summed E-state index contributed by atoms with van der Waals surface area (Å²) in [5, 5.41) is 11.9. The predicted octanol–water partition coefficient (Wildman–Crippen LogP) is 2.14. The van der Waals surface area contributed by atoms with E-state index in [1.165, 1.54) is 35.7 Å². The topological polar surface area (TPSA) is 66.4 Å². The van der Waals surface area contributed by atoms with Gasteiger partial charge in [-0.15, -0.1) is 11.8 Å². The monoisotopic (exact) mass is 329 g/mol. The Morgan fingerprint density at radius 3 is 2.67 bits per heavy atom. The number of halogens is 1. The number of carbonyl (C=O) groups excluding carboxylic acids is 1. The van der Waals surface area contributed by atoms with E-state index >= 15 is 0 Å². The van der Waals surface area contributed by atoms with E-state index in [1.807, 2.05) is 0 Å². The van der Waals surface area contributed by atoms with Crippen LogP contribution in [0.15, 0.2) is 24.3 Å². The molecule has 1 aliphatic heterocycles. The Morgan fingerprint density at radius 2 is 2.10 bits per heavy atom. The van der Waals surface area contributed by atoms with Crippen molar-refractivity contribution in [2.24, 2.45) is 0 Å². The van der Waals surface area contributed by atoms with Crippen molar-refractivity contribution in [2.75, 3.05) is 17.3 Å². The fourth-order valence-electron chi connectivity index (χ4n) is 2.03. The van der Waals surface area contributed by atoms with Gasteiger partial charge >= 0.3 is 5.97 Å². The quantitative estimate of drug-likeness (QED) is 0.837. The van der Waals surface area contributed by atoms with Gasteiger partial charge in [0.25, 0.3) is 0 Å². The highest BCUT2D eigenvalue weighted by Crippen LogP contribution is 2.28. The first-order valence-electron chi connectivity index (χ1n) is 6.46. The summed E-state index contributed by atoms with van der Waals surface area (Å²) < 4.78 is 12.8. The van der Waals surface area contributed by atoms with Gasteiger partial charge in [-0.3, -0.25) is 4.79 Å². The van der Waals surface area contributed by atoms with E-state index in [1.54, 1.807) is 12.1 Å². The van der Waals surface area contributed by atoms with Gasteiger partial charge in [0, 0.05) is 11.5 Å². The highest BCUT2D eigenvalue weighted by atomic mass is 32.2. The first-order chi connectivity index (χ1) is 10.0. The molecule has 0 spiro atoms. The molecule has 4 nitrogen and oxygen atoms in total. The van der Waals surface area contributed by atoms with Crippen LogP contribution in [-0.4, -0.2) is 39.8 Å². The lowest BCUT2D eigenvalue weighted by molar-refractivity contribution is -0.146. The second-order valence-electron chi connectivity index (χ2n) is 4.86. The third kappa shape index (κ3) is 4.38. The number of rotatable bonds is 6. The highest BCUT2D eigenvalue weighted by molar-refractivity contribution is 7.99. The molecule has 114 valence electrons. The molecule has 1 fully saturated rings. The lowest BCUT2D eigenvalue weighted by Crippen LogP contribution is -2.55. The molecule has 1 aromatic rings. The lowest BCUT2D eigenvalue weighted by Gasteiger charge is -2.24. The van der Waals surface area contributed by atoms with Gasteiger partial charge in [-0.2, -0.15) is 11.8 Å². The van der Waals surface area contributed by atoms with E-state index in [9.17, 15) is 19.1 Å². The first kappa shape index (κ1) is 16.2. The van der Waals surface area contributed by atoms with Crippen LogP contribution in [0.25, 0.3) is 0 Å². The number of amides is 1. The number of aliphatic carboxylic acids is 1. The zero-order valence-corrected chi connectivity index (χ0v) is 12.9. The van der Waals surface area contributed by atoms with E-state index in [4.69, 9.17) is 0 Å². The van der Waals surface area contributed by atoms with Crippen LogP contribution in [0.2, 0.25) is 0 Å². The largest absolute Gasteiger partial charge is 0.479 e. The maximum absolute atomic E-state index is 12.8. The molecule has 7 heteroatoms. The molecule has 2 rings (SSSR count). The van der Waals surface area contributed by atoms with Gasteiger partial charge in [-0.25, -0.2) is 9.18 Å². The number of thioether (sulfide) groups is 2. The number of hydrogen-bond donors (Lipinski definition) is 2. The van der Waals surface area contributed by atoms with Crippen LogP contribution in [0, 0.1) is 5.82 Å². The van der Waals surface area contributed by atoms with Crippen molar-refractivity contribution >= 4 is 35.4 Å². The number of carboxylic acids is 1. The normalized spacial score (nSPS) is 21.2. The van der Waals surface area contributed by atoms with Gasteiger partial charge < -0.3 is 10.4 Å². The molecule has 1 saturated heterocycles. The smallest absolute Gasteiger partial charge is 0.330 e. The molecule has 1 aliphatic rings. The number of carboxylic acid groups (broad SMARTS) is 1. The number of carbonyl (C=O) groups is 2. The molecule has 21 heavy (non-hydrogen) atoms. The van der Waals surface area contributed by atoms with E-state index in [0.29, 0.717) is 17.9 Å². The van der Waals surface area contributed by atoms with Crippen molar-refractivity contribution in [1.29, 1.82) is 0 Å². The Hall–Kier alpha value is -1.21. The summed E-state index contributed by atoms with van der Waals surface area (Å²) in [5.74, 6) is 0.408. The van der Waals surface area contributed by atoms with Crippen molar-refractivity contribution in [1.82, 2.24) is 5.32 Å². The second-order valence-corrected chi connectivity index (χ2v) is 6.95. The van der Waals surface area contributed by atoms with Gasteiger partial charge in [-0.1, -0.05) is 12.1 Å². The third-order valence-electron chi connectivity index (χ3n) is 3.22. The predicted molar refractivity (Wildman–Crippen MR) is 83.0 cm³/mol. The maximum atomic E-state index is 12.8. The summed E-state index contributed by atoms with van der Waals surface area (Å²) in [4.78, 5) is 23.2. The highest BCUT2D eigenvalue weighted by Gasteiger charge is 2.43. The Labute approximate surface area is 130 Å². The van der Waals surface area contributed by atoms with Crippen molar-refractivity contribution < 1.29 is 19.1 Å². The summed E-state index contributed by atoms with van der Waals surface area (Å²) in [6.07, 6.45) is 0.460.